The zero-order chi connectivity index (χ0) is 12.3. The molecule has 1 aromatic carbocycles. The molecule has 0 aliphatic carbocycles. The average Bonchev–Trinajstić information content (AvgIpc) is 2.23. The highest BCUT2D eigenvalue weighted by atomic mass is 19.2. The predicted molar refractivity (Wildman–Crippen MR) is 56.5 cm³/mol. The summed E-state index contributed by atoms with van der Waals surface area (Å²) in [6.45, 7) is 1.58. The van der Waals surface area contributed by atoms with E-state index in [1.807, 2.05) is 0 Å². The lowest BCUT2D eigenvalue weighted by Gasteiger charge is -2.09. The third kappa shape index (κ3) is 2.48. The molecule has 0 saturated heterocycles. The molecule has 84 valence electrons. The first kappa shape index (κ1) is 12.0. The molecule has 0 saturated carbocycles. The summed E-state index contributed by atoms with van der Waals surface area (Å²) in [4.78, 5) is 11.5. The van der Waals surface area contributed by atoms with Crippen molar-refractivity contribution in [1.82, 2.24) is 5.32 Å². The van der Waals surface area contributed by atoms with Crippen molar-refractivity contribution < 1.29 is 13.6 Å². The van der Waals surface area contributed by atoms with Crippen LogP contribution in [0.5, 0.6) is 0 Å². The summed E-state index contributed by atoms with van der Waals surface area (Å²) in [5.41, 5.74) is 5.11. The molecule has 0 fully saturated rings. The van der Waals surface area contributed by atoms with Crippen LogP contribution in [0.1, 0.15) is 17.3 Å². The van der Waals surface area contributed by atoms with Crippen LogP contribution in [0, 0.1) is 24.0 Å². The van der Waals surface area contributed by atoms with E-state index < -0.39 is 23.6 Å². The number of rotatable bonds is 2. The van der Waals surface area contributed by atoms with E-state index in [2.05, 4.69) is 11.2 Å². The Kier molecular flexibility index (Phi) is 3.46. The van der Waals surface area contributed by atoms with Crippen molar-refractivity contribution in [1.29, 1.82) is 0 Å². The monoisotopic (exact) mass is 224 g/mol. The second-order valence-electron chi connectivity index (χ2n) is 3.22. The number of hydrogen-bond acceptors (Lipinski definition) is 2. The maximum absolute atomic E-state index is 12.9. The lowest BCUT2D eigenvalue weighted by atomic mass is 10.1. The summed E-state index contributed by atoms with van der Waals surface area (Å²) in [6, 6.07) is 0.980. The number of anilines is 1. The van der Waals surface area contributed by atoms with Gasteiger partial charge in [-0.2, -0.15) is 0 Å². The summed E-state index contributed by atoms with van der Waals surface area (Å²) >= 11 is 0. The average molecular weight is 224 g/mol. The predicted octanol–water partition coefficient (Wildman–Crippen LogP) is 1.30. The number of nitrogens with one attached hydrogen (secondary N) is 1. The highest BCUT2D eigenvalue weighted by Gasteiger charge is 2.15. The minimum atomic E-state index is -1.13. The van der Waals surface area contributed by atoms with Crippen LogP contribution in [0.3, 0.4) is 0 Å². The summed E-state index contributed by atoms with van der Waals surface area (Å²) in [6.07, 6.45) is 5.06. The van der Waals surface area contributed by atoms with Gasteiger partial charge in [-0.1, -0.05) is 5.92 Å². The molecule has 0 aliphatic heterocycles. The van der Waals surface area contributed by atoms with Crippen LogP contribution in [-0.4, -0.2) is 11.9 Å². The third-order valence-electron chi connectivity index (χ3n) is 1.93. The molecule has 0 aromatic heterocycles. The molecule has 5 heteroatoms. The molecular weight excluding hydrogens is 214 g/mol. The number of carbonyl (C=O) groups excluding carboxylic acids is 1. The highest BCUT2D eigenvalue weighted by molar-refractivity contribution is 5.99. The van der Waals surface area contributed by atoms with Crippen molar-refractivity contribution in [3.05, 3.63) is 29.3 Å². The van der Waals surface area contributed by atoms with Gasteiger partial charge in [0, 0.05) is 11.8 Å². The minimum absolute atomic E-state index is 0.138. The lowest BCUT2D eigenvalue weighted by molar-refractivity contribution is 0.0948. The van der Waals surface area contributed by atoms with Gasteiger partial charge in [0.05, 0.1) is 11.6 Å². The molecule has 0 bridgehead atoms. The molecule has 1 aromatic rings. The Morgan fingerprint density at radius 3 is 2.62 bits per heavy atom. The Morgan fingerprint density at radius 2 is 2.06 bits per heavy atom. The van der Waals surface area contributed by atoms with Crippen LogP contribution in [0.4, 0.5) is 14.5 Å². The van der Waals surface area contributed by atoms with Crippen LogP contribution in [0.2, 0.25) is 0 Å². The van der Waals surface area contributed by atoms with E-state index in [0.29, 0.717) is 0 Å². The SMILES string of the molecule is C#CC(C)NC(=O)c1cc(F)c(F)cc1N. The van der Waals surface area contributed by atoms with Gasteiger partial charge in [-0.05, 0) is 13.0 Å². The smallest absolute Gasteiger partial charge is 0.254 e. The fourth-order valence-electron chi connectivity index (χ4n) is 1.07. The van der Waals surface area contributed by atoms with Crippen molar-refractivity contribution in [2.24, 2.45) is 0 Å². The van der Waals surface area contributed by atoms with Gasteiger partial charge in [-0.3, -0.25) is 4.79 Å². The van der Waals surface area contributed by atoms with Gasteiger partial charge in [0.2, 0.25) is 0 Å². The van der Waals surface area contributed by atoms with Gasteiger partial charge in [0.15, 0.2) is 11.6 Å². The van der Waals surface area contributed by atoms with E-state index in [9.17, 15) is 13.6 Å². The van der Waals surface area contributed by atoms with Crippen molar-refractivity contribution in [2.45, 2.75) is 13.0 Å². The van der Waals surface area contributed by atoms with Crippen molar-refractivity contribution >= 4 is 11.6 Å². The maximum atomic E-state index is 12.9. The van der Waals surface area contributed by atoms with Crippen LogP contribution in [-0.2, 0) is 0 Å². The molecule has 3 N–H and O–H groups in total. The molecule has 3 nitrogen and oxygen atoms in total. The first-order valence-electron chi connectivity index (χ1n) is 4.47. The van der Waals surface area contributed by atoms with Crippen LogP contribution in [0.25, 0.3) is 0 Å². The summed E-state index contributed by atoms with van der Waals surface area (Å²) in [5, 5.41) is 2.39. The number of terminal acetylenes is 1. The molecule has 0 spiro atoms. The first-order valence-corrected chi connectivity index (χ1v) is 4.47. The van der Waals surface area contributed by atoms with E-state index in [1.165, 1.54) is 0 Å². The van der Waals surface area contributed by atoms with Crippen LogP contribution in [0.15, 0.2) is 12.1 Å². The first-order chi connectivity index (χ1) is 7.45. The van der Waals surface area contributed by atoms with E-state index in [0.717, 1.165) is 12.1 Å². The van der Waals surface area contributed by atoms with E-state index in [4.69, 9.17) is 12.2 Å². The van der Waals surface area contributed by atoms with Crippen LogP contribution < -0.4 is 11.1 Å². The van der Waals surface area contributed by atoms with Crippen molar-refractivity contribution in [3.63, 3.8) is 0 Å². The highest BCUT2D eigenvalue weighted by Crippen LogP contribution is 2.16. The Labute approximate surface area is 91.6 Å². The second-order valence-corrected chi connectivity index (χ2v) is 3.22. The zero-order valence-corrected chi connectivity index (χ0v) is 8.55. The molecule has 1 atom stereocenters. The van der Waals surface area contributed by atoms with E-state index >= 15 is 0 Å². The number of benzene rings is 1. The molecule has 1 rings (SSSR count). The number of carbonyl (C=O) groups is 1. The molecule has 0 radical (unpaired) electrons. The standard InChI is InChI=1S/C11H10F2N2O/c1-3-6(2)15-11(16)7-4-8(12)9(13)5-10(7)14/h1,4-6H,14H2,2H3,(H,15,16). The lowest BCUT2D eigenvalue weighted by Crippen LogP contribution is -2.32. The number of halogens is 2. The Balaban J connectivity index is 3.01. The number of nitrogen functional groups attached to an aromatic ring is 1. The zero-order valence-electron chi connectivity index (χ0n) is 8.55. The van der Waals surface area contributed by atoms with Crippen molar-refractivity contribution in [2.75, 3.05) is 5.73 Å². The topological polar surface area (TPSA) is 55.1 Å². The number of nitrogens with two attached hydrogens (primary N) is 1. The quantitative estimate of drug-likeness (QED) is 0.587. The maximum Gasteiger partial charge on any atom is 0.254 e. The van der Waals surface area contributed by atoms with E-state index in [1.54, 1.807) is 6.92 Å². The Morgan fingerprint density at radius 1 is 1.50 bits per heavy atom. The Hall–Kier alpha value is -2.09. The molecule has 0 heterocycles. The summed E-state index contributed by atoms with van der Waals surface area (Å²) < 4.78 is 25.6. The number of amides is 1. The molecular formula is C11H10F2N2O. The van der Waals surface area contributed by atoms with Gasteiger partial charge in [-0.25, -0.2) is 8.78 Å². The van der Waals surface area contributed by atoms with E-state index in [-0.39, 0.29) is 11.3 Å². The Bertz CT molecular complexity index is 466. The molecule has 1 amide bonds. The third-order valence-corrected chi connectivity index (χ3v) is 1.93. The fourth-order valence-corrected chi connectivity index (χ4v) is 1.07. The summed E-state index contributed by atoms with van der Waals surface area (Å²) in [7, 11) is 0. The minimum Gasteiger partial charge on any atom is -0.398 e. The largest absolute Gasteiger partial charge is 0.398 e. The molecule has 1 unspecified atom stereocenters. The number of hydrogen-bond donors (Lipinski definition) is 2. The molecule has 0 aliphatic rings. The van der Waals surface area contributed by atoms with Gasteiger partial charge >= 0.3 is 0 Å². The van der Waals surface area contributed by atoms with Gasteiger partial charge in [-0.15, -0.1) is 6.42 Å². The normalized spacial score (nSPS) is 11.6. The van der Waals surface area contributed by atoms with Crippen LogP contribution >= 0.6 is 0 Å². The van der Waals surface area contributed by atoms with Crippen molar-refractivity contribution in [3.8, 4) is 12.3 Å². The molecule has 16 heavy (non-hydrogen) atoms. The fraction of sp³-hybridized carbons (Fsp3) is 0.182. The van der Waals surface area contributed by atoms with Gasteiger partial charge in [0.1, 0.15) is 0 Å². The summed E-state index contributed by atoms with van der Waals surface area (Å²) in [5.74, 6) is -0.597. The second kappa shape index (κ2) is 4.62. The van der Waals surface area contributed by atoms with Gasteiger partial charge in [0.25, 0.3) is 5.91 Å². The van der Waals surface area contributed by atoms with Gasteiger partial charge < -0.3 is 11.1 Å².